The van der Waals surface area contributed by atoms with Gasteiger partial charge in [0.15, 0.2) is 0 Å². The molecule has 0 atom stereocenters. The third kappa shape index (κ3) is 6.84. The predicted molar refractivity (Wildman–Crippen MR) is 139 cm³/mol. The van der Waals surface area contributed by atoms with Crippen LogP contribution < -0.4 is 14.8 Å². The molecule has 0 bridgehead atoms. The second kappa shape index (κ2) is 11.2. The van der Waals surface area contributed by atoms with Crippen molar-refractivity contribution in [3.8, 4) is 11.5 Å². The van der Waals surface area contributed by atoms with Crippen molar-refractivity contribution in [3.63, 3.8) is 0 Å². The maximum Gasteiger partial charge on any atom is 0.248 e. The number of benzene rings is 3. The standard InChI is InChI=1S/C29H29N3O3/c1-21-7-9-24(10-8-21)18-32-19-26(17-30-32)31-29(33)14-12-23-11-13-28(34-3)25(16-23)20-35-27-6-4-5-22(2)15-27/h4-17,19H,18,20H2,1-3H3,(H,31,33)/b14-12+. The van der Waals surface area contributed by atoms with E-state index in [9.17, 15) is 4.79 Å². The van der Waals surface area contributed by atoms with Gasteiger partial charge in [-0.05, 0) is 60.9 Å². The van der Waals surface area contributed by atoms with Crippen LogP contribution in [-0.4, -0.2) is 22.8 Å². The molecule has 178 valence electrons. The highest BCUT2D eigenvalue weighted by Crippen LogP contribution is 2.23. The van der Waals surface area contributed by atoms with Gasteiger partial charge in [0, 0.05) is 17.8 Å². The molecule has 0 fully saturated rings. The minimum absolute atomic E-state index is 0.228. The Morgan fingerprint density at radius 1 is 1.03 bits per heavy atom. The van der Waals surface area contributed by atoms with Gasteiger partial charge in [0.25, 0.3) is 0 Å². The van der Waals surface area contributed by atoms with Gasteiger partial charge in [-0.2, -0.15) is 5.10 Å². The van der Waals surface area contributed by atoms with Gasteiger partial charge in [0.05, 0.1) is 25.5 Å². The van der Waals surface area contributed by atoms with Crippen molar-refractivity contribution in [1.82, 2.24) is 9.78 Å². The van der Waals surface area contributed by atoms with E-state index in [-0.39, 0.29) is 5.91 Å². The lowest BCUT2D eigenvalue weighted by atomic mass is 10.1. The van der Waals surface area contributed by atoms with Crippen LogP contribution >= 0.6 is 0 Å². The molecule has 3 aromatic carbocycles. The smallest absolute Gasteiger partial charge is 0.248 e. The van der Waals surface area contributed by atoms with Crippen LogP contribution in [-0.2, 0) is 17.9 Å². The average molecular weight is 468 g/mol. The van der Waals surface area contributed by atoms with Gasteiger partial charge in [0.1, 0.15) is 18.1 Å². The first kappa shape index (κ1) is 23.8. The quantitative estimate of drug-likeness (QED) is 0.317. The maximum absolute atomic E-state index is 12.5. The van der Waals surface area contributed by atoms with Crippen LogP contribution in [0.25, 0.3) is 6.08 Å². The molecule has 1 aromatic heterocycles. The largest absolute Gasteiger partial charge is 0.496 e. The number of aromatic nitrogens is 2. The van der Waals surface area contributed by atoms with Gasteiger partial charge < -0.3 is 14.8 Å². The molecular weight excluding hydrogens is 438 g/mol. The van der Waals surface area contributed by atoms with Crippen molar-refractivity contribution < 1.29 is 14.3 Å². The van der Waals surface area contributed by atoms with Crippen molar-refractivity contribution in [2.45, 2.75) is 27.0 Å². The topological polar surface area (TPSA) is 65.4 Å². The van der Waals surface area contributed by atoms with E-state index < -0.39 is 0 Å². The van der Waals surface area contributed by atoms with E-state index in [0.29, 0.717) is 18.8 Å². The Hall–Kier alpha value is -4.32. The number of hydrogen-bond donors (Lipinski definition) is 1. The Labute approximate surface area is 205 Å². The van der Waals surface area contributed by atoms with Gasteiger partial charge in [-0.1, -0.05) is 48.0 Å². The number of ether oxygens (including phenoxy) is 2. The molecule has 1 amide bonds. The number of aryl methyl sites for hydroxylation is 2. The third-order valence-electron chi connectivity index (χ3n) is 5.48. The fraction of sp³-hybridized carbons (Fsp3) is 0.172. The Kier molecular flexibility index (Phi) is 7.63. The van der Waals surface area contributed by atoms with Gasteiger partial charge in [-0.3, -0.25) is 9.48 Å². The number of nitrogens with one attached hydrogen (secondary N) is 1. The number of hydrogen-bond acceptors (Lipinski definition) is 4. The van der Waals surface area contributed by atoms with E-state index in [1.54, 1.807) is 24.1 Å². The molecule has 0 aliphatic heterocycles. The van der Waals surface area contributed by atoms with Crippen LogP contribution in [0.5, 0.6) is 11.5 Å². The van der Waals surface area contributed by atoms with Crippen LogP contribution in [0.4, 0.5) is 5.69 Å². The summed E-state index contributed by atoms with van der Waals surface area (Å²) in [4.78, 5) is 12.5. The first-order chi connectivity index (χ1) is 17.0. The summed E-state index contributed by atoms with van der Waals surface area (Å²) in [5, 5.41) is 7.19. The first-order valence-corrected chi connectivity index (χ1v) is 11.4. The van der Waals surface area contributed by atoms with Crippen molar-refractivity contribution in [2.75, 3.05) is 12.4 Å². The molecule has 0 saturated carbocycles. The number of anilines is 1. The number of carbonyl (C=O) groups is 1. The highest BCUT2D eigenvalue weighted by Gasteiger charge is 2.07. The minimum atomic E-state index is -0.228. The second-order valence-corrected chi connectivity index (χ2v) is 8.41. The second-order valence-electron chi connectivity index (χ2n) is 8.41. The van der Waals surface area contributed by atoms with Crippen LogP contribution in [0.15, 0.2) is 85.2 Å². The van der Waals surface area contributed by atoms with Crippen molar-refractivity contribution in [2.24, 2.45) is 0 Å². The van der Waals surface area contributed by atoms with Gasteiger partial charge in [0.2, 0.25) is 5.91 Å². The van der Waals surface area contributed by atoms with Crippen molar-refractivity contribution in [3.05, 3.63) is 113 Å². The highest BCUT2D eigenvalue weighted by atomic mass is 16.5. The fourth-order valence-electron chi connectivity index (χ4n) is 3.63. The van der Waals surface area contributed by atoms with Gasteiger partial charge >= 0.3 is 0 Å². The van der Waals surface area contributed by atoms with Crippen LogP contribution in [0, 0.1) is 13.8 Å². The number of methoxy groups -OCH3 is 1. The zero-order chi connectivity index (χ0) is 24.6. The summed E-state index contributed by atoms with van der Waals surface area (Å²) in [6.45, 7) is 5.09. The van der Waals surface area contributed by atoms with E-state index >= 15 is 0 Å². The Balaban J connectivity index is 1.36. The average Bonchev–Trinajstić information content (AvgIpc) is 3.29. The molecule has 4 aromatic rings. The molecule has 4 rings (SSSR count). The van der Waals surface area contributed by atoms with E-state index in [0.717, 1.165) is 33.8 Å². The lowest BCUT2D eigenvalue weighted by molar-refractivity contribution is -0.111. The van der Waals surface area contributed by atoms with E-state index in [4.69, 9.17) is 9.47 Å². The number of amides is 1. The van der Waals surface area contributed by atoms with Crippen molar-refractivity contribution in [1.29, 1.82) is 0 Å². The summed E-state index contributed by atoms with van der Waals surface area (Å²) in [5.41, 5.74) is 5.93. The molecule has 35 heavy (non-hydrogen) atoms. The number of rotatable bonds is 9. The number of carbonyl (C=O) groups excluding carboxylic acids is 1. The summed E-state index contributed by atoms with van der Waals surface area (Å²) in [5.74, 6) is 1.31. The van der Waals surface area contributed by atoms with Crippen molar-refractivity contribution >= 4 is 17.7 Å². The summed E-state index contributed by atoms with van der Waals surface area (Å²) in [7, 11) is 1.63. The Morgan fingerprint density at radius 3 is 2.63 bits per heavy atom. The molecule has 0 saturated heterocycles. The van der Waals surface area contributed by atoms with Crippen LogP contribution in [0.2, 0.25) is 0 Å². The SMILES string of the molecule is COc1ccc(/C=C/C(=O)Nc2cnn(Cc3ccc(C)cc3)c2)cc1COc1cccc(C)c1. The molecule has 1 N–H and O–H groups in total. The normalized spacial score (nSPS) is 10.9. The lowest BCUT2D eigenvalue weighted by Crippen LogP contribution is -2.07. The third-order valence-corrected chi connectivity index (χ3v) is 5.48. The van der Waals surface area contributed by atoms with Crippen LogP contribution in [0.1, 0.15) is 27.8 Å². The molecule has 6 nitrogen and oxygen atoms in total. The molecular formula is C29H29N3O3. The zero-order valence-electron chi connectivity index (χ0n) is 20.2. The van der Waals surface area contributed by atoms with E-state index in [2.05, 4.69) is 41.6 Å². The summed E-state index contributed by atoms with van der Waals surface area (Å²) in [6.07, 6.45) is 6.74. The van der Waals surface area contributed by atoms with Gasteiger partial charge in [-0.15, -0.1) is 0 Å². The maximum atomic E-state index is 12.5. The summed E-state index contributed by atoms with van der Waals surface area (Å²) in [6, 6.07) is 21.9. The summed E-state index contributed by atoms with van der Waals surface area (Å²) < 4.78 is 13.2. The zero-order valence-corrected chi connectivity index (χ0v) is 20.2. The van der Waals surface area contributed by atoms with E-state index in [1.807, 2.05) is 55.6 Å². The molecule has 0 aliphatic carbocycles. The minimum Gasteiger partial charge on any atom is -0.496 e. The first-order valence-electron chi connectivity index (χ1n) is 11.4. The molecule has 0 radical (unpaired) electrons. The Bertz CT molecular complexity index is 1320. The lowest BCUT2D eigenvalue weighted by Gasteiger charge is -2.11. The fourth-order valence-corrected chi connectivity index (χ4v) is 3.63. The number of nitrogens with zero attached hydrogens (tertiary/aromatic N) is 2. The summed E-state index contributed by atoms with van der Waals surface area (Å²) >= 11 is 0. The Morgan fingerprint density at radius 2 is 1.86 bits per heavy atom. The van der Waals surface area contributed by atoms with Crippen LogP contribution in [0.3, 0.4) is 0 Å². The van der Waals surface area contributed by atoms with E-state index in [1.165, 1.54) is 11.6 Å². The molecule has 0 unspecified atom stereocenters. The molecule has 1 heterocycles. The molecule has 0 spiro atoms. The molecule has 0 aliphatic rings. The van der Waals surface area contributed by atoms with Gasteiger partial charge in [-0.25, -0.2) is 0 Å². The predicted octanol–water partition coefficient (Wildman–Crippen LogP) is 5.79. The highest BCUT2D eigenvalue weighted by molar-refractivity contribution is 6.01. The molecule has 6 heteroatoms. The monoisotopic (exact) mass is 467 g/mol.